The number of hydrogen-bond donors (Lipinski definition) is 3. The molecule has 0 radical (unpaired) electrons. The van der Waals surface area contributed by atoms with Crippen LogP contribution >= 0.6 is 0 Å². The van der Waals surface area contributed by atoms with Gasteiger partial charge in [-0.1, -0.05) is 26.0 Å². The second-order valence-corrected chi connectivity index (χ2v) is 6.55. The summed E-state index contributed by atoms with van der Waals surface area (Å²) in [4.78, 5) is 40.8. The van der Waals surface area contributed by atoms with Crippen LogP contribution in [0.4, 0.5) is 5.82 Å². The van der Waals surface area contributed by atoms with E-state index in [-0.39, 0.29) is 24.1 Å². The summed E-state index contributed by atoms with van der Waals surface area (Å²) in [6.07, 6.45) is 4.31. The molecule has 2 amide bonds. The third-order valence-corrected chi connectivity index (χ3v) is 4.12. The Morgan fingerprint density at radius 1 is 1.14 bits per heavy atom. The summed E-state index contributed by atoms with van der Waals surface area (Å²) in [6.45, 7) is 3.89. The quantitative estimate of drug-likeness (QED) is 0.562. The first-order valence-electron chi connectivity index (χ1n) is 8.81. The monoisotopic (exact) mass is 379 g/mol. The highest BCUT2D eigenvalue weighted by molar-refractivity contribution is 5.93. The van der Waals surface area contributed by atoms with Gasteiger partial charge in [-0.15, -0.1) is 0 Å². The van der Waals surface area contributed by atoms with Crippen LogP contribution in [0.25, 0.3) is 10.9 Å². The fraction of sp³-hybridized carbons (Fsp3) is 0.263. The molecule has 0 aliphatic heterocycles. The lowest BCUT2D eigenvalue weighted by atomic mass is 10.0. The van der Waals surface area contributed by atoms with E-state index in [9.17, 15) is 9.59 Å². The Kier molecular flexibility index (Phi) is 5.73. The van der Waals surface area contributed by atoms with Gasteiger partial charge in [0.05, 0.1) is 18.3 Å². The number of nitrogens with zero attached hydrogens (tertiary/aromatic N) is 4. The van der Waals surface area contributed by atoms with Crippen LogP contribution in [-0.4, -0.2) is 37.8 Å². The zero-order valence-electron chi connectivity index (χ0n) is 15.6. The Balaban J connectivity index is 1.87. The summed E-state index contributed by atoms with van der Waals surface area (Å²) in [6, 6.07) is 6.83. The molecule has 0 spiro atoms. The predicted octanol–water partition coefficient (Wildman–Crippen LogP) is 1.27. The standard InChI is InChI=1S/C19H21N7O2/c1-11(2)16(17(20)27)26-18-12-5-3-4-6-13(12)24-15(25-18)10-23-19(28)14-9-21-7-8-22-14/h3-9,11,16H,10H2,1-2H3,(H2,20,27)(H,23,28)(H,24,25,26)/t16-/m0/s1. The van der Waals surface area contributed by atoms with Gasteiger partial charge < -0.3 is 16.4 Å². The normalized spacial score (nSPS) is 12.0. The minimum atomic E-state index is -0.583. The van der Waals surface area contributed by atoms with E-state index in [1.165, 1.54) is 18.6 Å². The number of para-hydroxylation sites is 1. The van der Waals surface area contributed by atoms with E-state index in [0.29, 0.717) is 17.2 Å². The lowest BCUT2D eigenvalue weighted by Crippen LogP contribution is -2.40. The van der Waals surface area contributed by atoms with E-state index in [1.54, 1.807) is 0 Å². The number of amides is 2. The first-order chi connectivity index (χ1) is 13.5. The second-order valence-electron chi connectivity index (χ2n) is 6.55. The van der Waals surface area contributed by atoms with Crippen LogP contribution in [0.2, 0.25) is 0 Å². The average Bonchev–Trinajstić information content (AvgIpc) is 2.70. The summed E-state index contributed by atoms with van der Waals surface area (Å²) in [5.74, 6) is 0.0232. The fourth-order valence-electron chi connectivity index (χ4n) is 2.69. The molecule has 9 nitrogen and oxygen atoms in total. The largest absolute Gasteiger partial charge is 0.368 e. The van der Waals surface area contributed by atoms with Gasteiger partial charge in [0.2, 0.25) is 5.91 Å². The van der Waals surface area contributed by atoms with Gasteiger partial charge in [-0.25, -0.2) is 15.0 Å². The summed E-state index contributed by atoms with van der Waals surface area (Å²) >= 11 is 0. The predicted molar refractivity (Wildman–Crippen MR) is 104 cm³/mol. The zero-order chi connectivity index (χ0) is 20.1. The molecule has 3 rings (SSSR count). The summed E-state index contributed by atoms with van der Waals surface area (Å²) in [7, 11) is 0. The first kappa shape index (κ1) is 19.2. The third-order valence-electron chi connectivity index (χ3n) is 4.12. The van der Waals surface area contributed by atoms with Crippen LogP contribution in [0.3, 0.4) is 0 Å². The van der Waals surface area contributed by atoms with Crippen LogP contribution in [-0.2, 0) is 11.3 Å². The molecule has 0 saturated carbocycles. The molecule has 4 N–H and O–H groups in total. The first-order valence-corrected chi connectivity index (χ1v) is 8.81. The molecule has 1 atom stereocenters. The maximum atomic E-state index is 12.2. The van der Waals surface area contributed by atoms with Crippen molar-refractivity contribution in [1.29, 1.82) is 0 Å². The van der Waals surface area contributed by atoms with Crippen molar-refractivity contribution in [2.75, 3.05) is 5.32 Å². The number of hydrogen-bond acceptors (Lipinski definition) is 7. The second kappa shape index (κ2) is 8.38. The molecule has 3 aromatic rings. The zero-order valence-corrected chi connectivity index (χ0v) is 15.6. The van der Waals surface area contributed by atoms with Crippen LogP contribution in [0, 0.1) is 5.92 Å². The molecular formula is C19H21N7O2. The smallest absolute Gasteiger partial charge is 0.271 e. The average molecular weight is 379 g/mol. The number of primary amides is 1. The van der Waals surface area contributed by atoms with Crippen molar-refractivity contribution in [2.45, 2.75) is 26.4 Å². The molecule has 2 aromatic heterocycles. The Bertz CT molecular complexity index is 992. The van der Waals surface area contributed by atoms with Crippen molar-refractivity contribution < 1.29 is 9.59 Å². The Morgan fingerprint density at radius 3 is 2.61 bits per heavy atom. The number of rotatable bonds is 7. The molecule has 9 heteroatoms. The molecule has 0 aliphatic carbocycles. The van der Waals surface area contributed by atoms with Gasteiger partial charge in [-0.2, -0.15) is 0 Å². The number of anilines is 1. The highest BCUT2D eigenvalue weighted by Crippen LogP contribution is 2.22. The Labute approximate surface area is 161 Å². The van der Waals surface area contributed by atoms with Crippen molar-refractivity contribution in [3.05, 3.63) is 54.4 Å². The summed E-state index contributed by atoms with van der Waals surface area (Å²) in [5, 5.41) is 6.60. The number of carbonyl (C=O) groups is 2. The van der Waals surface area contributed by atoms with E-state index in [0.717, 1.165) is 5.39 Å². The molecule has 144 valence electrons. The molecule has 2 heterocycles. The number of benzene rings is 1. The van der Waals surface area contributed by atoms with Gasteiger partial charge >= 0.3 is 0 Å². The van der Waals surface area contributed by atoms with Crippen molar-refractivity contribution >= 4 is 28.5 Å². The molecular weight excluding hydrogens is 358 g/mol. The van der Waals surface area contributed by atoms with Crippen molar-refractivity contribution in [1.82, 2.24) is 25.3 Å². The topological polar surface area (TPSA) is 136 Å². The molecule has 0 unspecified atom stereocenters. The number of nitrogens with two attached hydrogens (primary N) is 1. The molecule has 0 saturated heterocycles. The maximum Gasteiger partial charge on any atom is 0.271 e. The third kappa shape index (κ3) is 4.37. The number of nitrogens with one attached hydrogen (secondary N) is 2. The van der Waals surface area contributed by atoms with Gasteiger partial charge in [0.1, 0.15) is 17.6 Å². The van der Waals surface area contributed by atoms with Gasteiger partial charge in [0.25, 0.3) is 5.91 Å². The van der Waals surface area contributed by atoms with Crippen molar-refractivity contribution in [2.24, 2.45) is 11.7 Å². The van der Waals surface area contributed by atoms with E-state index >= 15 is 0 Å². The van der Waals surface area contributed by atoms with Gasteiger partial charge in [0.15, 0.2) is 5.82 Å². The molecule has 28 heavy (non-hydrogen) atoms. The minimum absolute atomic E-state index is 0.0222. The summed E-state index contributed by atoms with van der Waals surface area (Å²) in [5.41, 5.74) is 6.41. The number of aromatic nitrogens is 4. The number of carbonyl (C=O) groups excluding carboxylic acids is 2. The van der Waals surface area contributed by atoms with Crippen molar-refractivity contribution in [3.63, 3.8) is 0 Å². The van der Waals surface area contributed by atoms with Crippen LogP contribution in [0.15, 0.2) is 42.9 Å². The molecule has 0 bridgehead atoms. The minimum Gasteiger partial charge on any atom is -0.368 e. The lowest BCUT2D eigenvalue weighted by molar-refractivity contribution is -0.119. The number of fused-ring (bicyclic) bond motifs is 1. The highest BCUT2D eigenvalue weighted by Gasteiger charge is 2.21. The fourth-order valence-corrected chi connectivity index (χ4v) is 2.69. The molecule has 0 fully saturated rings. The Morgan fingerprint density at radius 2 is 1.93 bits per heavy atom. The molecule has 1 aromatic carbocycles. The lowest BCUT2D eigenvalue weighted by Gasteiger charge is -2.21. The van der Waals surface area contributed by atoms with E-state index in [1.807, 2.05) is 38.1 Å². The van der Waals surface area contributed by atoms with Crippen LogP contribution < -0.4 is 16.4 Å². The Hall–Kier alpha value is -3.62. The maximum absolute atomic E-state index is 12.2. The van der Waals surface area contributed by atoms with Crippen LogP contribution in [0.5, 0.6) is 0 Å². The van der Waals surface area contributed by atoms with Crippen LogP contribution in [0.1, 0.15) is 30.2 Å². The van der Waals surface area contributed by atoms with Gasteiger partial charge in [-0.3, -0.25) is 14.6 Å². The van der Waals surface area contributed by atoms with E-state index < -0.39 is 11.9 Å². The van der Waals surface area contributed by atoms with E-state index in [4.69, 9.17) is 5.73 Å². The molecule has 0 aliphatic rings. The summed E-state index contributed by atoms with van der Waals surface area (Å²) < 4.78 is 0. The SMILES string of the molecule is CC(C)[C@H](Nc1nc(CNC(=O)c2cnccn2)nc2ccccc12)C(N)=O. The van der Waals surface area contributed by atoms with Gasteiger partial charge in [-0.05, 0) is 18.1 Å². The van der Waals surface area contributed by atoms with E-state index in [2.05, 4.69) is 30.6 Å². The van der Waals surface area contributed by atoms with Gasteiger partial charge in [0, 0.05) is 17.8 Å². The van der Waals surface area contributed by atoms with Crippen molar-refractivity contribution in [3.8, 4) is 0 Å². The highest BCUT2D eigenvalue weighted by atomic mass is 16.2.